The molecule has 0 aliphatic heterocycles. The van der Waals surface area contributed by atoms with Gasteiger partial charge in [-0.25, -0.2) is 8.42 Å². The molecule has 10 heteroatoms. The molecule has 1 aromatic rings. The van der Waals surface area contributed by atoms with E-state index in [0.717, 1.165) is 24.3 Å². The van der Waals surface area contributed by atoms with Crippen LogP contribution in [0.15, 0.2) is 29.2 Å². The van der Waals surface area contributed by atoms with Gasteiger partial charge in [-0.3, -0.25) is 9.59 Å². The van der Waals surface area contributed by atoms with Crippen molar-refractivity contribution >= 4 is 21.7 Å². The van der Waals surface area contributed by atoms with Crippen molar-refractivity contribution in [1.82, 2.24) is 5.32 Å². The van der Waals surface area contributed by atoms with Crippen molar-refractivity contribution in [2.45, 2.75) is 29.5 Å². The van der Waals surface area contributed by atoms with Crippen molar-refractivity contribution in [3.63, 3.8) is 0 Å². The summed E-state index contributed by atoms with van der Waals surface area (Å²) in [5.74, 6) is -5.39. The Morgan fingerprint density at radius 2 is 1.83 bits per heavy atom. The number of rotatable bonds is 8. The third kappa shape index (κ3) is 4.96. The number of carbonyl (C=O) groups excluding carboxylic acids is 1. The Bertz CT molecular complexity index is 704. The van der Waals surface area contributed by atoms with Crippen molar-refractivity contribution in [3.8, 4) is 0 Å². The fourth-order valence-electron chi connectivity index (χ4n) is 2.03. The lowest BCUT2D eigenvalue weighted by Crippen LogP contribution is -2.50. The van der Waals surface area contributed by atoms with Gasteiger partial charge in [0.2, 0.25) is 9.84 Å². The van der Waals surface area contributed by atoms with Crippen LogP contribution in [0.3, 0.4) is 0 Å². The molecule has 0 aromatic heterocycles. The molecule has 1 atom stereocenters. The predicted molar refractivity (Wildman–Crippen MR) is 79.6 cm³/mol. The molecule has 0 radical (unpaired) electrons. The maximum atomic E-state index is 12.4. The Kier molecular flexibility index (Phi) is 6.38. The highest BCUT2D eigenvalue weighted by atomic mass is 32.2. The van der Waals surface area contributed by atoms with Gasteiger partial charge in [-0.15, -0.1) is 0 Å². The Labute approximate surface area is 137 Å². The molecular weight excluding hydrogens is 348 g/mol. The van der Waals surface area contributed by atoms with E-state index in [1.807, 2.05) is 0 Å². The summed E-state index contributed by atoms with van der Waals surface area (Å²) in [5.41, 5.74) is -1.19. The minimum atomic E-state index is -4.74. The van der Waals surface area contributed by atoms with Gasteiger partial charge in [-0.2, -0.15) is 8.78 Å². The van der Waals surface area contributed by atoms with Crippen molar-refractivity contribution in [2.24, 2.45) is 0 Å². The molecule has 1 rings (SSSR count). The summed E-state index contributed by atoms with van der Waals surface area (Å²) in [4.78, 5) is 22.4. The van der Waals surface area contributed by atoms with Gasteiger partial charge in [-0.1, -0.05) is 0 Å². The quantitative estimate of drug-likeness (QED) is 0.718. The van der Waals surface area contributed by atoms with E-state index in [0.29, 0.717) is 0 Å². The van der Waals surface area contributed by atoms with Gasteiger partial charge < -0.3 is 15.2 Å². The molecule has 7 nitrogen and oxygen atoms in total. The monoisotopic (exact) mass is 365 g/mol. The van der Waals surface area contributed by atoms with E-state index in [-0.39, 0.29) is 12.2 Å². The number of halogens is 2. The first-order chi connectivity index (χ1) is 11.0. The molecule has 0 saturated heterocycles. The molecule has 24 heavy (non-hydrogen) atoms. The maximum Gasteiger partial charge on any atom is 0.341 e. The third-order valence-electron chi connectivity index (χ3n) is 3.10. The molecule has 2 N–H and O–H groups in total. The zero-order valence-electron chi connectivity index (χ0n) is 13.0. The molecule has 1 aromatic carbocycles. The Hall–Kier alpha value is -2.07. The Morgan fingerprint density at radius 1 is 1.29 bits per heavy atom. The molecule has 0 aliphatic rings. The number of carbonyl (C=O) groups is 2. The summed E-state index contributed by atoms with van der Waals surface area (Å²) in [6, 6.07) is 3.92. The number of amides is 1. The first-order valence-electron chi connectivity index (χ1n) is 6.67. The van der Waals surface area contributed by atoms with E-state index in [4.69, 9.17) is 9.84 Å². The highest BCUT2D eigenvalue weighted by Gasteiger charge is 2.30. The lowest BCUT2D eigenvalue weighted by atomic mass is 9.98. The number of sulfone groups is 1. The number of nitrogens with one attached hydrogen (secondary N) is 1. The van der Waals surface area contributed by atoms with Gasteiger partial charge in [0, 0.05) is 12.7 Å². The van der Waals surface area contributed by atoms with Gasteiger partial charge in [0.1, 0.15) is 0 Å². The fraction of sp³-hybridized carbons (Fsp3) is 0.429. The molecular formula is C14H17F2NO6S. The van der Waals surface area contributed by atoms with Crippen molar-refractivity contribution in [2.75, 3.05) is 13.7 Å². The number of benzene rings is 1. The lowest BCUT2D eigenvalue weighted by molar-refractivity contribution is -0.139. The van der Waals surface area contributed by atoms with Crippen molar-refractivity contribution < 1.29 is 36.6 Å². The second kappa shape index (κ2) is 7.67. The number of alkyl halides is 2. The number of hydrogen-bond donors (Lipinski definition) is 2. The molecule has 0 aliphatic carbocycles. The van der Waals surface area contributed by atoms with Gasteiger partial charge in [0.25, 0.3) is 5.91 Å². The molecule has 0 saturated carbocycles. The Morgan fingerprint density at radius 3 is 2.25 bits per heavy atom. The largest absolute Gasteiger partial charge is 0.481 e. The van der Waals surface area contributed by atoms with Gasteiger partial charge in [0.15, 0.2) is 0 Å². The molecule has 0 heterocycles. The smallest absolute Gasteiger partial charge is 0.341 e. The highest BCUT2D eigenvalue weighted by Crippen LogP contribution is 2.19. The van der Waals surface area contributed by atoms with Gasteiger partial charge in [-0.05, 0) is 31.2 Å². The van der Waals surface area contributed by atoms with Crippen LogP contribution in [0.25, 0.3) is 0 Å². The molecule has 1 unspecified atom stereocenters. The van der Waals surface area contributed by atoms with Crippen LogP contribution < -0.4 is 5.32 Å². The SMILES string of the molecule is COCC(C)(CC(=O)O)NC(=O)c1ccc(S(=O)(=O)C(F)F)cc1. The lowest BCUT2D eigenvalue weighted by Gasteiger charge is -2.28. The number of methoxy groups -OCH3 is 1. The van der Waals surface area contributed by atoms with E-state index in [9.17, 15) is 26.8 Å². The van der Waals surface area contributed by atoms with Crippen LogP contribution in [0.5, 0.6) is 0 Å². The number of hydrogen-bond acceptors (Lipinski definition) is 5. The van der Waals surface area contributed by atoms with E-state index in [1.54, 1.807) is 0 Å². The van der Waals surface area contributed by atoms with Crippen LogP contribution in [0.4, 0.5) is 8.78 Å². The molecule has 1 amide bonds. The van der Waals surface area contributed by atoms with Crippen LogP contribution in [0.2, 0.25) is 0 Å². The standard InChI is InChI=1S/C14H17F2NO6S/c1-14(8-23-2,7-11(18)19)17-12(20)9-3-5-10(6-4-9)24(21,22)13(15)16/h3-6,13H,7-8H2,1-2H3,(H,17,20)(H,18,19). The summed E-state index contributed by atoms with van der Waals surface area (Å²) in [5, 5.41) is 11.4. The van der Waals surface area contributed by atoms with Gasteiger partial charge in [0.05, 0.1) is 23.5 Å². The molecule has 0 bridgehead atoms. The van der Waals surface area contributed by atoms with Crippen LogP contribution in [-0.2, 0) is 19.4 Å². The third-order valence-corrected chi connectivity index (χ3v) is 4.50. The van der Waals surface area contributed by atoms with Crippen molar-refractivity contribution in [1.29, 1.82) is 0 Å². The first kappa shape index (κ1) is 20.0. The molecule has 134 valence electrons. The predicted octanol–water partition coefficient (Wildman–Crippen LogP) is 1.29. The minimum Gasteiger partial charge on any atom is -0.481 e. The first-order valence-corrected chi connectivity index (χ1v) is 8.22. The topological polar surface area (TPSA) is 110 Å². The van der Waals surface area contributed by atoms with Crippen LogP contribution in [-0.4, -0.2) is 50.4 Å². The average Bonchev–Trinajstić information content (AvgIpc) is 2.46. The normalized spacial score (nSPS) is 14.2. The van der Waals surface area contributed by atoms with Crippen LogP contribution in [0, 0.1) is 0 Å². The minimum absolute atomic E-state index is 0.00377. The maximum absolute atomic E-state index is 12.4. The number of ether oxygens (including phenoxy) is 1. The second-order valence-corrected chi connectivity index (χ2v) is 7.27. The van der Waals surface area contributed by atoms with E-state index >= 15 is 0 Å². The van der Waals surface area contributed by atoms with E-state index in [1.165, 1.54) is 14.0 Å². The summed E-state index contributed by atoms with van der Waals surface area (Å²) in [6.07, 6.45) is -0.398. The second-order valence-electron chi connectivity index (χ2n) is 5.35. The highest BCUT2D eigenvalue weighted by molar-refractivity contribution is 7.91. The average molecular weight is 365 g/mol. The Balaban J connectivity index is 2.98. The van der Waals surface area contributed by atoms with Crippen molar-refractivity contribution in [3.05, 3.63) is 29.8 Å². The summed E-state index contributed by atoms with van der Waals surface area (Å²) >= 11 is 0. The number of aliphatic carboxylic acids is 1. The zero-order chi connectivity index (χ0) is 18.5. The van der Waals surface area contributed by atoms with E-state index in [2.05, 4.69) is 5.32 Å². The van der Waals surface area contributed by atoms with Gasteiger partial charge >= 0.3 is 11.7 Å². The van der Waals surface area contributed by atoms with E-state index < -0.39 is 44.3 Å². The van der Waals surface area contributed by atoms with Crippen LogP contribution in [0.1, 0.15) is 23.7 Å². The molecule has 0 fully saturated rings. The zero-order valence-corrected chi connectivity index (χ0v) is 13.8. The van der Waals surface area contributed by atoms with Crippen LogP contribution >= 0.6 is 0 Å². The molecule has 0 spiro atoms. The summed E-state index contributed by atoms with van der Waals surface area (Å²) in [6.45, 7) is 1.40. The number of carboxylic acid groups (broad SMARTS) is 1. The number of carboxylic acids is 1. The summed E-state index contributed by atoms with van der Waals surface area (Å²) in [7, 11) is -3.40. The fourth-order valence-corrected chi connectivity index (χ4v) is 2.75. The summed E-state index contributed by atoms with van der Waals surface area (Å²) < 4.78 is 52.4.